The maximum absolute atomic E-state index is 3.72. The first kappa shape index (κ1) is 12.2. The number of hydrogen-bond acceptors (Lipinski definition) is 2. The molecule has 2 aromatic heterocycles. The fourth-order valence-electron chi connectivity index (χ4n) is 3.25. The van der Waals surface area contributed by atoms with Crippen molar-refractivity contribution in [3.63, 3.8) is 0 Å². The van der Waals surface area contributed by atoms with Crippen molar-refractivity contribution < 1.29 is 0 Å². The summed E-state index contributed by atoms with van der Waals surface area (Å²) in [6.07, 6.45) is 3.70. The highest BCUT2D eigenvalue weighted by molar-refractivity contribution is 7.07. The van der Waals surface area contributed by atoms with E-state index in [-0.39, 0.29) is 0 Å². The average Bonchev–Trinajstić information content (AvgIpc) is 3.12. The maximum Gasteiger partial charge on any atom is 0.0478 e. The molecule has 1 aromatic carbocycles. The molecular formula is C17H18N2S. The standard InChI is InChI=1S/C17H18N2S/c1-2-6-15-13(4-1)14-5-3-7-16(17(14)19-15)18-10-12-8-9-20-11-12/h1-2,4,6,8-9,11,16,18-19H,3,5,7,10H2. The van der Waals surface area contributed by atoms with Crippen LogP contribution in [0.3, 0.4) is 0 Å². The molecule has 0 saturated heterocycles. The first-order valence-corrected chi connectivity index (χ1v) is 8.20. The largest absolute Gasteiger partial charge is 0.357 e. The van der Waals surface area contributed by atoms with Gasteiger partial charge in [0, 0.05) is 29.2 Å². The monoisotopic (exact) mass is 282 g/mol. The third-order valence-electron chi connectivity index (χ3n) is 4.25. The number of rotatable bonds is 3. The Hall–Kier alpha value is -1.58. The van der Waals surface area contributed by atoms with E-state index in [1.165, 1.54) is 47.0 Å². The number of benzene rings is 1. The third kappa shape index (κ3) is 2.07. The van der Waals surface area contributed by atoms with Crippen molar-refractivity contribution in [1.29, 1.82) is 0 Å². The van der Waals surface area contributed by atoms with Gasteiger partial charge in [-0.2, -0.15) is 11.3 Å². The first-order valence-electron chi connectivity index (χ1n) is 7.26. The van der Waals surface area contributed by atoms with Crippen LogP contribution in [0.1, 0.15) is 35.7 Å². The number of para-hydroxylation sites is 1. The third-order valence-corrected chi connectivity index (χ3v) is 4.98. The quantitative estimate of drug-likeness (QED) is 0.732. The van der Waals surface area contributed by atoms with E-state index in [9.17, 15) is 0 Å². The van der Waals surface area contributed by atoms with Crippen LogP contribution in [-0.4, -0.2) is 4.98 Å². The van der Waals surface area contributed by atoms with Crippen LogP contribution in [0.15, 0.2) is 41.1 Å². The van der Waals surface area contributed by atoms with Crippen LogP contribution in [0.2, 0.25) is 0 Å². The first-order chi connectivity index (χ1) is 9.92. The molecule has 1 atom stereocenters. The molecule has 1 aliphatic carbocycles. The predicted octanol–water partition coefficient (Wildman–Crippen LogP) is 4.40. The number of H-pyrrole nitrogens is 1. The minimum Gasteiger partial charge on any atom is -0.357 e. The highest BCUT2D eigenvalue weighted by atomic mass is 32.1. The van der Waals surface area contributed by atoms with E-state index in [1.807, 2.05) is 0 Å². The van der Waals surface area contributed by atoms with Crippen LogP contribution in [0.5, 0.6) is 0 Å². The second-order valence-corrected chi connectivity index (χ2v) is 6.30. The predicted molar refractivity (Wildman–Crippen MR) is 85.1 cm³/mol. The van der Waals surface area contributed by atoms with E-state index >= 15 is 0 Å². The Bertz CT molecular complexity index is 712. The summed E-state index contributed by atoms with van der Waals surface area (Å²) < 4.78 is 0. The Labute approximate surface area is 122 Å². The van der Waals surface area contributed by atoms with Crippen molar-refractivity contribution in [1.82, 2.24) is 10.3 Å². The molecule has 20 heavy (non-hydrogen) atoms. The molecule has 0 bridgehead atoms. The van der Waals surface area contributed by atoms with Gasteiger partial charge in [-0.05, 0) is 53.3 Å². The van der Waals surface area contributed by atoms with E-state index in [1.54, 1.807) is 11.3 Å². The summed E-state index contributed by atoms with van der Waals surface area (Å²) in [5.74, 6) is 0. The van der Waals surface area contributed by atoms with Crippen LogP contribution >= 0.6 is 11.3 Å². The van der Waals surface area contributed by atoms with Gasteiger partial charge in [-0.15, -0.1) is 0 Å². The Morgan fingerprint density at radius 1 is 1.25 bits per heavy atom. The van der Waals surface area contributed by atoms with Crippen LogP contribution in [0.25, 0.3) is 10.9 Å². The van der Waals surface area contributed by atoms with Crippen molar-refractivity contribution in [2.24, 2.45) is 0 Å². The summed E-state index contributed by atoms with van der Waals surface area (Å²) in [5.41, 5.74) is 5.60. The summed E-state index contributed by atoms with van der Waals surface area (Å²) in [6, 6.07) is 11.3. The Balaban J connectivity index is 1.64. The van der Waals surface area contributed by atoms with Crippen molar-refractivity contribution >= 4 is 22.2 Å². The second-order valence-electron chi connectivity index (χ2n) is 5.52. The van der Waals surface area contributed by atoms with Crippen molar-refractivity contribution in [3.8, 4) is 0 Å². The zero-order valence-electron chi connectivity index (χ0n) is 11.4. The summed E-state index contributed by atoms with van der Waals surface area (Å²) >= 11 is 1.77. The summed E-state index contributed by atoms with van der Waals surface area (Å²) in [4.78, 5) is 3.64. The summed E-state index contributed by atoms with van der Waals surface area (Å²) in [6.45, 7) is 0.961. The molecule has 0 radical (unpaired) electrons. The number of aromatic amines is 1. The molecule has 4 rings (SSSR count). The van der Waals surface area contributed by atoms with Gasteiger partial charge < -0.3 is 10.3 Å². The van der Waals surface area contributed by atoms with Gasteiger partial charge in [0.2, 0.25) is 0 Å². The molecule has 102 valence electrons. The smallest absolute Gasteiger partial charge is 0.0478 e. The van der Waals surface area contributed by atoms with Gasteiger partial charge in [0.15, 0.2) is 0 Å². The average molecular weight is 282 g/mol. The molecule has 0 saturated carbocycles. The molecule has 2 heterocycles. The minimum atomic E-state index is 0.464. The van der Waals surface area contributed by atoms with Crippen molar-refractivity contribution in [3.05, 3.63) is 57.9 Å². The molecule has 0 amide bonds. The Morgan fingerprint density at radius 3 is 3.10 bits per heavy atom. The van der Waals surface area contributed by atoms with E-state index in [4.69, 9.17) is 0 Å². The number of fused-ring (bicyclic) bond motifs is 3. The van der Waals surface area contributed by atoms with Gasteiger partial charge in [-0.1, -0.05) is 18.2 Å². The molecule has 1 aliphatic rings. The van der Waals surface area contributed by atoms with E-state index in [0.29, 0.717) is 6.04 Å². The highest BCUT2D eigenvalue weighted by Gasteiger charge is 2.23. The van der Waals surface area contributed by atoms with E-state index < -0.39 is 0 Å². The summed E-state index contributed by atoms with van der Waals surface area (Å²) in [7, 11) is 0. The fourth-order valence-corrected chi connectivity index (χ4v) is 3.92. The molecule has 0 fully saturated rings. The normalized spacial score (nSPS) is 18.3. The lowest BCUT2D eigenvalue weighted by Crippen LogP contribution is -2.24. The van der Waals surface area contributed by atoms with E-state index in [2.05, 4.69) is 51.4 Å². The van der Waals surface area contributed by atoms with Gasteiger partial charge in [0.25, 0.3) is 0 Å². The number of nitrogens with one attached hydrogen (secondary N) is 2. The molecular weight excluding hydrogens is 264 g/mol. The SMILES string of the molecule is c1ccc2c3c([nH]c2c1)C(NCc1ccsc1)CCC3. The number of aromatic nitrogens is 1. The number of aryl methyl sites for hydroxylation is 1. The molecule has 2 N–H and O–H groups in total. The number of thiophene rings is 1. The van der Waals surface area contributed by atoms with Gasteiger partial charge in [-0.3, -0.25) is 0 Å². The van der Waals surface area contributed by atoms with Crippen LogP contribution in [0.4, 0.5) is 0 Å². The Kier molecular flexibility index (Phi) is 3.09. The van der Waals surface area contributed by atoms with Gasteiger partial charge in [0.1, 0.15) is 0 Å². The minimum absolute atomic E-state index is 0.464. The molecule has 3 heteroatoms. The zero-order chi connectivity index (χ0) is 13.4. The maximum atomic E-state index is 3.72. The van der Waals surface area contributed by atoms with Gasteiger partial charge in [-0.25, -0.2) is 0 Å². The van der Waals surface area contributed by atoms with Crippen molar-refractivity contribution in [2.45, 2.75) is 31.8 Å². The lowest BCUT2D eigenvalue weighted by molar-refractivity contribution is 0.453. The molecule has 3 aromatic rings. The van der Waals surface area contributed by atoms with E-state index in [0.717, 1.165) is 6.54 Å². The Morgan fingerprint density at radius 2 is 2.20 bits per heavy atom. The van der Waals surface area contributed by atoms with Crippen molar-refractivity contribution in [2.75, 3.05) is 0 Å². The lowest BCUT2D eigenvalue weighted by Gasteiger charge is -2.23. The lowest BCUT2D eigenvalue weighted by atomic mass is 9.91. The second kappa shape index (κ2) is 5.08. The van der Waals surface area contributed by atoms with Gasteiger partial charge in [0.05, 0.1) is 0 Å². The molecule has 1 unspecified atom stereocenters. The number of hydrogen-bond donors (Lipinski definition) is 2. The summed E-state index contributed by atoms with van der Waals surface area (Å²) in [5, 5.41) is 9.49. The highest BCUT2D eigenvalue weighted by Crippen LogP contribution is 2.34. The van der Waals surface area contributed by atoms with Crippen LogP contribution in [0, 0.1) is 0 Å². The fraction of sp³-hybridized carbons (Fsp3) is 0.294. The molecule has 0 spiro atoms. The van der Waals surface area contributed by atoms with Crippen LogP contribution in [-0.2, 0) is 13.0 Å². The zero-order valence-corrected chi connectivity index (χ0v) is 12.2. The topological polar surface area (TPSA) is 27.8 Å². The molecule has 0 aliphatic heterocycles. The molecule has 2 nitrogen and oxygen atoms in total. The van der Waals surface area contributed by atoms with Gasteiger partial charge >= 0.3 is 0 Å². The van der Waals surface area contributed by atoms with Crippen LogP contribution < -0.4 is 5.32 Å².